The number of nitrogens with one attached hydrogen (secondary N) is 2. The van der Waals surface area contributed by atoms with E-state index in [1.165, 1.54) is 19.1 Å². The quantitative estimate of drug-likeness (QED) is 0.324. The van der Waals surface area contributed by atoms with E-state index in [0.717, 1.165) is 30.0 Å². The molecule has 0 aromatic heterocycles. The molecule has 0 spiro atoms. The number of benzene rings is 3. The van der Waals surface area contributed by atoms with Crippen LogP contribution < -0.4 is 10.7 Å². The Balaban J connectivity index is 1.24. The monoisotopic (exact) mass is 483 g/mol. The Morgan fingerprint density at radius 1 is 0.889 bits per heavy atom. The molecule has 3 aromatic rings. The molecule has 2 saturated carbocycles. The molecule has 186 valence electrons. The Bertz CT molecular complexity index is 1300. The third kappa shape index (κ3) is 4.99. The zero-order chi connectivity index (χ0) is 25.3. The average Bonchev–Trinajstić information content (AvgIpc) is 2.84. The van der Waals surface area contributed by atoms with Gasteiger partial charge in [0.2, 0.25) is 0 Å². The number of hydrogen-bond acceptors (Lipinski definition) is 4. The van der Waals surface area contributed by atoms with Gasteiger partial charge in [-0.2, -0.15) is 5.10 Å². The summed E-state index contributed by atoms with van der Waals surface area (Å²) >= 11 is 0. The van der Waals surface area contributed by atoms with Crippen molar-refractivity contribution in [2.24, 2.45) is 22.9 Å². The molecule has 5 rings (SSSR count). The smallest absolute Gasteiger partial charge is 0.271 e. The van der Waals surface area contributed by atoms with Gasteiger partial charge in [0.1, 0.15) is 5.75 Å². The second kappa shape index (κ2) is 9.76. The van der Waals surface area contributed by atoms with Crippen LogP contribution >= 0.6 is 0 Å². The zero-order valence-corrected chi connectivity index (χ0v) is 20.8. The lowest BCUT2D eigenvalue weighted by Crippen LogP contribution is -2.56. The Hall–Kier alpha value is -3.67. The van der Waals surface area contributed by atoms with E-state index in [4.69, 9.17) is 0 Å². The molecule has 3 N–H and O–H groups in total. The molecule has 2 aliphatic carbocycles. The molecule has 36 heavy (non-hydrogen) atoms. The van der Waals surface area contributed by atoms with E-state index >= 15 is 0 Å². The molecule has 0 aliphatic heterocycles. The Morgan fingerprint density at radius 2 is 1.53 bits per heavy atom. The molecule has 2 amide bonds. The molecular weight excluding hydrogens is 450 g/mol. The van der Waals surface area contributed by atoms with Crippen LogP contribution in [-0.2, 0) is 0 Å². The molecule has 2 bridgehead atoms. The number of fused-ring (bicyclic) bond motifs is 3. The largest absolute Gasteiger partial charge is 0.507 e. The van der Waals surface area contributed by atoms with Crippen LogP contribution in [-0.4, -0.2) is 28.7 Å². The summed E-state index contributed by atoms with van der Waals surface area (Å²) in [6.07, 6.45) is 7.09. The molecule has 0 radical (unpaired) electrons. The normalized spacial score (nSPS) is 25.6. The van der Waals surface area contributed by atoms with E-state index in [1.54, 1.807) is 30.3 Å². The third-order valence-corrected chi connectivity index (χ3v) is 7.72. The average molecular weight is 484 g/mol. The van der Waals surface area contributed by atoms with Gasteiger partial charge in [0.05, 0.1) is 6.21 Å². The van der Waals surface area contributed by atoms with Gasteiger partial charge in [0.15, 0.2) is 0 Å². The van der Waals surface area contributed by atoms with Crippen molar-refractivity contribution >= 4 is 28.8 Å². The van der Waals surface area contributed by atoms with Gasteiger partial charge in [-0.15, -0.1) is 0 Å². The minimum absolute atomic E-state index is 0.0756. The maximum atomic E-state index is 13.1. The van der Waals surface area contributed by atoms with Gasteiger partial charge in [0.25, 0.3) is 11.8 Å². The van der Waals surface area contributed by atoms with E-state index in [0.29, 0.717) is 34.4 Å². The first-order valence-corrected chi connectivity index (χ1v) is 12.8. The molecule has 2 unspecified atom stereocenters. The lowest BCUT2D eigenvalue weighted by atomic mass is 9.61. The number of rotatable bonds is 5. The third-order valence-electron chi connectivity index (χ3n) is 7.72. The summed E-state index contributed by atoms with van der Waals surface area (Å²) in [7, 11) is 0. The summed E-state index contributed by atoms with van der Waals surface area (Å²) in [6.45, 7) is 4.58. The molecule has 6 nitrogen and oxygen atoms in total. The first-order valence-electron chi connectivity index (χ1n) is 12.8. The molecule has 3 aromatic carbocycles. The minimum Gasteiger partial charge on any atom is -0.507 e. The summed E-state index contributed by atoms with van der Waals surface area (Å²) in [4.78, 5) is 25.7. The van der Waals surface area contributed by atoms with Crippen LogP contribution in [0.4, 0.5) is 0 Å². The first kappa shape index (κ1) is 24.0. The topological polar surface area (TPSA) is 90.8 Å². The van der Waals surface area contributed by atoms with Gasteiger partial charge in [-0.1, -0.05) is 44.2 Å². The lowest BCUT2D eigenvalue weighted by molar-refractivity contribution is 0.0476. The van der Waals surface area contributed by atoms with Crippen LogP contribution in [0.25, 0.3) is 10.8 Å². The zero-order valence-electron chi connectivity index (χ0n) is 20.8. The van der Waals surface area contributed by atoms with Gasteiger partial charge in [-0.25, -0.2) is 5.43 Å². The second-order valence-electron chi connectivity index (χ2n) is 10.9. The maximum absolute atomic E-state index is 13.1. The van der Waals surface area contributed by atoms with Crippen LogP contribution in [0.15, 0.2) is 65.8 Å². The van der Waals surface area contributed by atoms with Gasteiger partial charge >= 0.3 is 0 Å². The number of aromatic hydroxyl groups is 1. The molecule has 2 aliphatic rings. The number of carbonyl (C=O) groups excluding carboxylic acids is 2. The van der Waals surface area contributed by atoms with E-state index in [2.05, 4.69) is 29.7 Å². The Labute approximate surface area is 211 Å². The van der Waals surface area contributed by atoms with Crippen molar-refractivity contribution in [1.82, 2.24) is 10.7 Å². The highest BCUT2D eigenvalue weighted by atomic mass is 16.3. The molecule has 2 atom stereocenters. The summed E-state index contributed by atoms with van der Waals surface area (Å²) in [5.41, 5.74) is 3.89. The van der Waals surface area contributed by atoms with Crippen molar-refractivity contribution in [2.45, 2.75) is 51.5 Å². The summed E-state index contributed by atoms with van der Waals surface area (Å²) in [5, 5.41) is 19.5. The number of nitrogens with zero attached hydrogens (tertiary/aromatic N) is 1. The number of phenolic OH excluding ortho intramolecular Hbond substituents is 1. The van der Waals surface area contributed by atoms with Gasteiger partial charge in [-0.3, -0.25) is 9.59 Å². The van der Waals surface area contributed by atoms with Crippen molar-refractivity contribution in [3.05, 3.63) is 77.4 Å². The van der Waals surface area contributed by atoms with Crippen molar-refractivity contribution in [3.8, 4) is 5.75 Å². The SMILES string of the molecule is CC1CC2CC(C)CC(NC(=O)c3ccc(C(=O)N/N=C/c4c(O)ccc5ccccc45)cc3)(C1)C2. The van der Waals surface area contributed by atoms with Crippen molar-refractivity contribution in [2.75, 3.05) is 0 Å². The lowest BCUT2D eigenvalue weighted by Gasteiger charge is -2.50. The van der Waals surface area contributed by atoms with Crippen molar-refractivity contribution < 1.29 is 14.7 Å². The number of phenols is 1. The predicted octanol–water partition coefficient (Wildman–Crippen LogP) is 5.64. The van der Waals surface area contributed by atoms with Gasteiger partial charge in [0, 0.05) is 22.2 Å². The maximum Gasteiger partial charge on any atom is 0.271 e. The van der Waals surface area contributed by atoms with Crippen molar-refractivity contribution in [3.63, 3.8) is 0 Å². The molecule has 0 saturated heterocycles. The van der Waals surface area contributed by atoms with Crippen LogP contribution in [0.2, 0.25) is 0 Å². The molecular formula is C30H33N3O3. The summed E-state index contributed by atoms with van der Waals surface area (Å²) in [5.74, 6) is 1.57. The highest BCUT2D eigenvalue weighted by Crippen LogP contribution is 2.47. The molecule has 0 heterocycles. The van der Waals surface area contributed by atoms with E-state index in [1.807, 2.05) is 30.3 Å². The van der Waals surface area contributed by atoms with Crippen LogP contribution in [0, 0.1) is 17.8 Å². The highest BCUT2D eigenvalue weighted by molar-refractivity contribution is 6.03. The second-order valence-corrected chi connectivity index (χ2v) is 10.9. The van der Waals surface area contributed by atoms with Crippen LogP contribution in [0.3, 0.4) is 0 Å². The first-order chi connectivity index (χ1) is 17.3. The Kier molecular flexibility index (Phi) is 6.52. The van der Waals surface area contributed by atoms with Gasteiger partial charge in [-0.05, 0) is 91.0 Å². The van der Waals surface area contributed by atoms with E-state index < -0.39 is 0 Å². The predicted molar refractivity (Wildman–Crippen MR) is 142 cm³/mol. The number of carbonyl (C=O) groups is 2. The summed E-state index contributed by atoms with van der Waals surface area (Å²) < 4.78 is 0. The summed E-state index contributed by atoms with van der Waals surface area (Å²) in [6, 6.07) is 17.8. The number of hydrazone groups is 1. The fourth-order valence-corrected chi connectivity index (χ4v) is 6.58. The van der Waals surface area contributed by atoms with Crippen LogP contribution in [0.1, 0.15) is 72.2 Å². The number of hydrogen-bond donors (Lipinski definition) is 3. The van der Waals surface area contributed by atoms with E-state index in [9.17, 15) is 14.7 Å². The molecule has 6 heteroatoms. The fourth-order valence-electron chi connectivity index (χ4n) is 6.58. The fraction of sp³-hybridized carbons (Fsp3) is 0.367. The van der Waals surface area contributed by atoms with Crippen molar-refractivity contribution in [1.29, 1.82) is 0 Å². The van der Waals surface area contributed by atoms with Crippen LogP contribution in [0.5, 0.6) is 5.75 Å². The van der Waals surface area contributed by atoms with E-state index in [-0.39, 0.29) is 23.1 Å². The Morgan fingerprint density at radius 3 is 2.22 bits per heavy atom. The number of amides is 2. The highest BCUT2D eigenvalue weighted by Gasteiger charge is 2.45. The van der Waals surface area contributed by atoms with Gasteiger partial charge < -0.3 is 10.4 Å². The minimum atomic E-state index is -0.387. The molecule has 2 fully saturated rings. The standard InChI is InChI=1S/C30H33N3O3/c1-19-13-21-14-20(2)16-30(15-19,17-21)32-28(35)23-7-9-24(10-8-23)29(36)33-31-18-26-25-6-4-3-5-22(25)11-12-27(26)34/h3-12,18-21,34H,13-17H2,1-2H3,(H,32,35)(H,33,36)/b31-18+.